The summed E-state index contributed by atoms with van der Waals surface area (Å²) in [7, 11) is 0. The number of carbonyl (C=O) groups is 2. The van der Waals surface area contributed by atoms with Crippen molar-refractivity contribution in [2.24, 2.45) is 5.73 Å². The topological polar surface area (TPSA) is 92.4 Å². The number of halogens is 3. The zero-order chi connectivity index (χ0) is 20.7. The SMILES string of the molecule is NC(=O)[C@@H](CCCc1ccccc1)NC(=O)[C@H](O)c1ccc(C(F)(F)F)cc1. The number of amides is 2. The molecule has 0 saturated carbocycles. The lowest BCUT2D eigenvalue weighted by Crippen LogP contribution is -2.46. The number of nitrogens with two attached hydrogens (primary N) is 1. The minimum Gasteiger partial charge on any atom is -0.378 e. The predicted molar refractivity (Wildman–Crippen MR) is 96.9 cm³/mol. The molecule has 0 aliphatic carbocycles. The molecule has 0 radical (unpaired) electrons. The maximum absolute atomic E-state index is 12.6. The number of aliphatic hydroxyl groups is 1. The average molecular weight is 394 g/mol. The standard InChI is InChI=1S/C20H21F3N2O3/c21-20(22,23)15-11-9-14(10-12-15)17(26)19(28)25-16(18(24)27)8-4-7-13-5-2-1-3-6-13/h1-3,5-6,9-12,16-17,26H,4,7-8H2,(H2,24,27)(H,25,28)/t16-,17-/m1/s1. The van der Waals surface area contributed by atoms with Crippen LogP contribution in [0.4, 0.5) is 13.2 Å². The number of rotatable bonds is 8. The van der Waals surface area contributed by atoms with E-state index in [0.29, 0.717) is 12.8 Å². The van der Waals surface area contributed by atoms with Crippen LogP contribution >= 0.6 is 0 Å². The van der Waals surface area contributed by atoms with E-state index in [9.17, 15) is 27.9 Å². The maximum Gasteiger partial charge on any atom is 0.416 e. The molecule has 5 nitrogen and oxygen atoms in total. The molecule has 8 heteroatoms. The van der Waals surface area contributed by atoms with Gasteiger partial charge in [0.25, 0.3) is 5.91 Å². The quantitative estimate of drug-likeness (QED) is 0.643. The Kier molecular flexibility index (Phi) is 7.17. The Balaban J connectivity index is 1.94. The number of aliphatic hydroxyl groups excluding tert-OH is 1. The van der Waals surface area contributed by atoms with Crippen molar-refractivity contribution in [3.8, 4) is 0 Å². The van der Waals surface area contributed by atoms with Gasteiger partial charge in [-0.05, 0) is 42.5 Å². The molecule has 0 aromatic heterocycles. The number of primary amides is 1. The van der Waals surface area contributed by atoms with Crippen molar-refractivity contribution in [2.75, 3.05) is 0 Å². The third kappa shape index (κ3) is 6.09. The summed E-state index contributed by atoms with van der Waals surface area (Å²) in [5.74, 6) is -1.65. The highest BCUT2D eigenvalue weighted by molar-refractivity contribution is 5.88. The summed E-state index contributed by atoms with van der Waals surface area (Å²) in [5, 5.41) is 12.4. The smallest absolute Gasteiger partial charge is 0.378 e. The van der Waals surface area contributed by atoms with Gasteiger partial charge in [-0.2, -0.15) is 13.2 Å². The highest BCUT2D eigenvalue weighted by atomic mass is 19.4. The van der Waals surface area contributed by atoms with Gasteiger partial charge < -0.3 is 16.2 Å². The van der Waals surface area contributed by atoms with E-state index in [2.05, 4.69) is 5.32 Å². The van der Waals surface area contributed by atoms with E-state index in [1.807, 2.05) is 30.3 Å². The van der Waals surface area contributed by atoms with Crippen molar-refractivity contribution < 1.29 is 27.9 Å². The largest absolute Gasteiger partial charge is 0.416 e. The zero-order valence-corrected chi connectivity index (χ0v) is 14.9. The van der Waals surface area contributed by atoms with Crippen LogP contribution in [-0.4, -0.2) is 23.0 Å². The number of nitrogens with one attached hydrogen (secondary N) is 1. The summed E-state index contributed by atoms with van der Waals surface area (Å²) >= 11 is 0. The van der Waals surface area contributed by atoms with Gasteiger partial charge in [0.1, 0.15) is 6.04 Å². The Hall–Kier alpha value is -2.87. The molecule has 2 aromatic carbocycles. The molecule has 0 unspecified atom stereocenters. The fourth-order valence-corrected chi connectivity index (χ4v) is 2.70. The molecule has 2 amide bonds. The lowest BCUT2D eigenvalue weighted by atomic mass is 10.0. The number of aryl methyl sites for hydroxylation is 1. The Morgan fingerprint density at radius 1 is 1.04 bits per heavy atom. The molecular formula is C20H21F3N2O3. The third-order valence-electron chi connectivity index (χ3n) is 4.26. The molecule has 2 atom stereocenters. The summed E-state index contributed by atoms with van der Waals surface area (Å²) in [5.41, 5.74) is 5.48. The van der Waals surface area contributed by atoms with E-state index < -0.39 is 35.7 Å². The highest BCUT2D eigenvalue weighted by Crippen LogP contribution is 2.30. The fourth-order valence-electron chi connectivity index (χ4n) is 2.70. The van der Waals surface area contributed by atoms with Crippen molar-refractivity contribution >= 4 is 11.8 Å². The van der Waals surface area contributed by atoms with E-state index in [1.54, 1.807) is 0 Å². The first-order valence-electron chi connectivity index (χ1n) is 8.67. The number of hydrogen-bond donors (Lipinski definition) is 3. The van der Waals surface area contributed by atoms with E-state index in [0.717, 1.165) is 29.8 Å². The third-order valence-corrected chi connectivity index (χ3v) is 4.26. The van der Waals surface area contributed by atoms with Gasteiger partial charge in [0.15, 0.2) is 6.10 Å². The minimum absolute atomic E-state index is 0.0157. The van der Waals surface area contributed by atoms with E-state index >= 15 is 0 Å². The van der Waals surface area contributed by atoms with Crippen LogP contribution in [-0.2, 0) is 22.2 Å². The first kappa shape index (κ1) is 21.4. The zero-order valence-electron chi connectivity index (χ0n) is 14.9. The predicted octanol–water partition coefficient (Wildman–Crippen LogP) is 2.73. The number of hydrogen-bond acceptors (Lipinski definition) is 3. The second-order valence-electron chi connectivity index (χ2n) is 6.36. The average Bonchev–Trinajstić information content (AvgIpc) is 2.66. The molecule has 2 aromatic rings. The van der Waals surface area contributed by atoms with Crippen LogP contribution in [0.5, 0.6) is 0 Å². The Labute approximate surface area is 160 Å². The molecular weight excluding hydrogens is 373 g/mol. The Morgan fingerprint density at radius 2 is 1.64 bits per heavy atom. The molecule has 0 bridgehead atoms. The minimum atomic E-state index is -4.51. The monoisotopic (exact) mass is 394 g/mol. The molecule has 0 heterocycles. The van der Waals surface area contributed by atoms with Gasteiger partial charge in [-0.1, -0.05) is 42.5 Å². The number of alkyl halides is 3. The second-order valence-corrected chi connectivity index (χ2v) is 6.36. The molecule has 0 aliphatic heterocycles. The van der Waals surface area contributed by atoms with Gasteiger partial charge in [0.05, 0.1) is 5.56 Å². The van der Waals surface area contributed by atoms with Crippen molar-refractivity contribution in [2.45, 2.75) is 37.6 Å². The van der Waals surface area contributed by atoms with Crippen LogP contribution in [0.15, 0.2) is 54.6 Å². The molecule has 150 valence electrons. The van der Waals surface area contributed by atoms with Crippen molar-refractivity contribution in [3.05, 3.63) is 71.3 Å². The summed E-state index contributed by atoms with van der Waals surface area (Å²) < 4.78 is 37.8. The first-order chi connectivity index (χ1) is 13.2. The lowest BCUT2D eigenvalue weighted by molar-refractivity contribution is -0.137. The summed E-state index contributed by atoms with van der Waals surface area (Å²) in [4.78, 5) is 23.8. The molecule has 0 spiro atoms. The Morgan fingerprint density at radius 3 is 2.18 bits per heavy atom. The Bertz CT molecular complexity index is 793. The van der Waals surface area contributed by atoms with Crippen molar-refractivity contribution in [1.82, 2.24) is 5.32 Å². The van der Waals surface area contributed by atoms with E-state index in [1.165, 1.54) is 0 Å². The van der Waals surface area contributed by atoms with Gasteiger partial charge in [-0.25, -0.2) is 0 Å². The summed E-state index contributed by atoms with van der Waals surface area (Å²) in [6.45, 7) is 0. The van der Waals surface area contributed by atoms with Crippen molar-refractivity contribution in [3.63, 3.8) is 0 Å². The maximum atomic E-state index is 12.6. The molecule has 28 heavy (non-hydrogen) atoms. The summed E-state index contributed by atoms with van der Waals surface area (Å²) in [6.07, 6.45) is -4.69. The van der Waals surface area contributed by atoms with Crippen LogP contribution in [0.1, 0.15) is 35.6 Å². The van der Waals surface area contributed by atoms with E-state index in [-0.39, 0.29) is 12.0 Å². The first-order valence-corrected chi connectivity index (χ1v) is 8.67. The summed E-state index contributed by atoms with van der Waals surface area (Å²) in [6, 6.07) is 12.1. The van der Waals surface area contributed by atoms with E-state index in [4.69, 9.17) is 5.73 Å². The van der Waals surface area contributed by atoms with Crippen LogP contribution in [0, 0.1) is 0 Å². The van der Waals surface area contributed by atoms with Gasteiger partial charge >= 0.3 is 6.18 Å². The lowest BCUT2D eigenvalue weighted by Gasteiger charge is -2.18. The molecule has 0 fully saturated rings. The van der Waals surface area contributed by atoms with Crippen LogP contribution in [0.25, 0.3) is 0 Å². The van der Waals surface area contributed by atoms with Crippen LogP contribution in [0.2, 0.25) is 0 Å². The normalized spacial score (nSPS) is 13.6. The number of benzene rings is 2. The van der Waals surface area contributed by atoms with Crippen molar-refractivity contribution in [1.29, 1.82) is 0 Å². The van der Waals surface area contributed by atoms with Gasteiger partial charge in [0, 0.05) is 0 Å². The molecule has 0 saturated heterocycles. The van der Waals surface area contributed by atoms with Gasteiger partial charge in [-0.3, -0.25) is 9.59 Å². The van der Waals surface area contributed by atoms with Gasteiger partial charge in [0.2, 0.25) is 5.91 Å². The number of carbonyl (C=O) groups excluding carboxylic acids is 2. The molecule has 4 N–H and O–H groups in total. The second kappa shape index (κ2) is 9.36. The highest BCUT2D eigenvalue weighted by Gasteiger charge is 2.31. The van der Waals surface area contributed by atoms with Crippen LogP contribution in [0.3, 0.4) is 0 Å². The molecule has 0 aliphatic rings. The van der Waals surface area contributed by atoms with Crippen LogP contribution < -0.4 is 11.1 Å². The fraction of sp³-hybridized carbons (Fsp3) is 0.300. The van der Waals surface area contributed by atoms with Gasteiger partial charge in [-0.15, -0.1) is 0 Å². The molecule has 2 rings (SSSR count).